The normalized spacial score (nSPS) is 21.9. The second-order valence-electron chi connectivity index (χ2n) is 5.32. The minimum Gasteiger partial charge on any atom is -1.00 e. The lowest BCUT2D eigenvalue weighted by Gasteiger charge is -2.16. The van der Waals surface area contributed by atoms with Crippen molar-refractivity contribution < 1.29 is 31.1 Å². The summed E-state index contributed by atoms with van der Waals surface area (Å²) in [5.74, 6) is -0.0345. The average molecular weight is 370 g/mol. The van der Waals surface area contributed by atoms with Gasteiger partial charge in [-0.1, -0.05) is 30.3 Å². The molecule has 1 saturated heterocycles. The minimum atomic E-state index is -0.0345. The van der Waals surface area contributed by atoms with E-state index < -0.39 is 0 Å². The van der Waals surface area contributed by atoms with Crippen LogP contribution in [0.3, 0.4) is 0 Å². The fraction of sp³-hybridized carbons (Fsp3) is 0.500. The monoisotopic (exact) mass is 369 g/mol. The maximum atomic E-state index is 11.6. The van der Waals surface area contributed by atoms with Crippen LogP contribution in [0.4, 0.5) is 0 Å². The summed E-state index contributed by atoms with van der Waals surface area (Å²) < 4.78 is 7.51. The number of cyclic esters (lactones) is 1. The van der Waals surface area contributed by atoms with E-state index in [2.05, 4.69) is 28.8 Å². The molecular formula is C16H20BrNO2S. The minimum absolute atomic E-state index is 0. The van der Waals surface area contributed by atoms with Crippen LogP contribution in [0.15, 0.2) is 30.3 Å². The Morgan fingerprint density at radius 3 is 2.76 bits per heavy atom. The third kappa shape index (κ3) is 4.33. The quantitative estimate of drug-likeness (QED) is 0.547. The van der Waals surface area contributed by atoms with Gasteiger partial charge in [0.25, 0.3) is 0 Å². The molecule has 5 heteroatoms. The van der Waals surface area contributed by atoms with Crippen molar-refractivity contribution in [3.8, 4) is 0 Å². The van der Waals surface area contributed by atoms with E-state index in [0.717, 1.165) is 25.9 Å². The van der Waals surface area contributed by atoms with Gasteiger partial charge in [-0.2, -0.15) is 0 Å². The van der Waals surface area contributed by atoms with E-state index in [1.165, 1.54) is 23.4 Å². The molecule has 0 aliphatic carbocycles. The van der Waals surface area contributed by atoms with Crippen LogP contribution in [0.1, 0.15) is 31.2 Å². The van der Waals surface area contributed by atoms with Crippen molar-refractivity contribution >= 4 is 22.8 Å². The van der Waals surface area contributed by atoms with E-state index in [1.54, 1.807) is 11.8 Å². The number of halogens is 1. The van der Waals surface area contributed by atoms with Crippen molar-refractivity contribution in [3.05, 3.63) is 35.9 Å². The van der Waals surface area contributed by atoms with Crippen molar-refractivity contribution in [3.63, 3.8) is 0 Å². The molecule has 1 aromatic rings. The number of carbonyl (C=O) groups excluding carboxylic acids is 1. The number of benzene rings is 1. The summed E-state index contributed by atoms with van der Waals surface area (Å²) in [5.41, 5.74) is 1.33. The van der Waals surface area contributed by atoms with Crippen LogP contribution in [0.25, 0.3) is 0 Å². The molecule has 2 aliphatic heterocycles. The summed E-state index contributed by atoms with van der Waals surface area (Å²) in [5, 5.41) is 1.38. The zero-order chi connectivity index (χ0) is 13.8. The second kappa shape index (κ2) is 7.99. The number of rotatable bonds is 3. The maximum Gasteiger partial charge on any atom is 0.319 e. The van der Waals surface area contributed by atoms with Crippen LogP contribution in [0.2, 0.25) is 0 Å². The SMILES string of the molecule is O=C1OCCC1SC1=[N+](Cc2ccccc2)CCCC1.[Br-]. The zero-order valence-corrected chi connectivity index (χ0v) is 14.4. The zero-order valence-electron chi connectivity index (χ0n) is 12.0. The van der Waals surface area contributed by atoms with Crippen LogP contribution in [-0.4, -0.2) is 34.0 Å². The number of nitrogens with zero attached hydrogens (tertiary/aromatic N) is 1. The van der Waals surface area contributed by atoms with Crippen molar-refractivity contribution in [2.75, 3.05) is 13.2 Å². The molecule has 0 saturated carbocycles. The topological polar surface area (TPSA) is 29.3 Å². The molecule has 3 nitrogen and oxygen atoms in total. The number of esters is 1. The van der Waals surface area contributed by atoms with Crippen molar-refractivity contribution in [1.82, 2.24) is 0 Å². The summed E-state index contributed by atoms with van der Waals surface area (Å²) in [6.07, 6.45) is 4.43. The summed E-state index contributed by atoms with van der Waals surface area (Å²) in [7, 11) is 0. The molecule has 3 rings (SSSR count). The standard InChI is InChI=1S/C16H20NO2S.BrH/c18-16-14(9-11-19-16)20-15-8-4-5-10-17(15)12-13-6-2-1-3-7-13;/h1-3,6-7,14H,4-5,8-12H2;1H/q+1;/p-1. The van der Waals surface area contributed by atoms with Gasteiger partial charge in [0.2, 0.25) is 5.04 Å². The number of ether oxygens (including phenoxy) is 1. The number of thioether (sulfide) groups is 1. The van der Waals surface area contributed by atoms with Gasteiger partial charge in [-0.25, -0.2) is 4.58 Å². The molecule has 21 heavy (non-hydrogen) atoms. The lowest BCUT2D eigenvalue weighted by atomic mass is 10.1. The lowest BCUT2D eigenvalue weighted by molar-refractivity contribution is -0.546. The highest BCUT2D eigenvalue weighted by atomic mass is 79.9. The third-order valence-corrected chi connectivity index (χ3v) is 5.25. The molecule has 0 aromatic heterocycles. The molecule has 1 atom stereocenters. The van der Waals surface area contributed by atoms with Gasteiger partial charge in [0.1, 0.15) is 11.8 Å². The predicted molar refractivity (Wildman–Crippen MR) is 81.1 cm³/mol. The molecule has 0 amide bonds. The molecule has 114 valence electrons. The number of hydrogen-bond acceptors (Lipinski definition) is 3. The first-order chi connectivity index (χ1) is 9.83. The first-order valence-electron chi connectivity index (χ1n) is 7.31. The Morgan fingerprint density at radius 1 is 1.24 bits per heavy atom. The van der Waals surface area contributed by atoms with E-state index in [1.807, 2.05) is 6.07 Å². The highest BCUT2D eigenvalue weighted by Gasteiger charge is 2.32. The fourth-order valence-corrected chi connectivity index (χ4v) is 3.99. The van der Waals surface area contributed by atoms with E-state index >= 15 is 0 Å². The smallest absolute Gasteiger partial charge is 0.319 e. The van der Waals surface area contributed by atoms with Crippen LogP contribution in [0, 0.1) is 0 Å². The molecular weight excluding hydrogens is 350 g/mol. The van der Waals surface area contributed by atoms with E-state index in [9.17, 15) is 4.79 Å². The highest BCUT2D eigenvalue weighted by molar-refractivity contribution is 8.14. The Hall–Kier alpha value is -0.810. The van der Waals surface area contributed by atoms with Crippen LogP contribution in [-0.2, 0) is 16.1 Å². The molecule has 0 N–H and O–H groups in total. The second-order valence-corrected chi connectivity index (χ2v) is 6.60. The Labute approximate surface area is 140 Å². The van der Waals surface area contributed by atoms with Crippen molar-refractivity contribution in [1.29, 1.82) is 0 Å². The predicted octanol–water partition coefficient (Wildman–Crippen LogP) is -0.166. The summed E-state index contributed by atoms with van der Waals surface area (Å²) >= 11 is 1.73. The summed E-state index contributed by atoms with van der Waals surface area (Å²) in [6.45, 7) is 2.63. The molecule has 0 bridgehead atoms. The first kappa shape index (κ1) is 16.6. The Balaban J connectivity index is 0.00000161. The van der Waals surface area contributed by atoms with Crippen molar-refractivity contribution in [2.24, 2.45) is 0 Å². The van der Waals surface area contributed by atoms with Crippen molar-refractivity contribution in [2.45, 2.75) is 37.5 Å². The highest BCUT2D eigenvalue weighted by Crippen LogP contribution is 2.27. The maximum absolute atomic E-state index is 11.6. The van der Waals surface area contributed by atoms with Gasteiger partial charge in [0.05, 0.1) is 6.61 Å². The van der Waals surface area contributed by atoms with Gasteiger partial charge in [-0.3, -0.25) is 4.79 Å². The van der Waals surface area contributed by atoms with Gasteiger partial charge >= 0.3 is 5.97 Å². The van der Waals surface area contributed by atoms with Gasteiger partial charge < -0.3 is 21.7 Å². The molecule has 1 unspecified atom stereocenters. The fourth-order valence-electron chi connectivity index (χ4n) is 2.71. The molecule has 1 fully saturated rings. The van der Waals surface area contributed by atoms with Gasteiger partial charge in [0.15, 0.2) is 6.54 Å². The van der Waals surface area contributed by atoms with Gasteiger partial charge in [-0.15, -0.1) is 0 Å². The van der Waals surface area contributed by atoms with Crippen LogP contribution in [0.5, 0.6) is 0 Å². The number of carbonyl (C=O) groups is 1. The third-order valence-electron chi connectivity index (χ3n) is 3.80. The molecule has 0 spiro atoms. The van der Waals surface area contributed by atoms with E-state index in [4.69, 9.17) is 4.74 Å². The summed E-state index contributed by atoms with van der Waals surface area (Å²) in [6, 6.07) is 10.6. The Kier molecular flexibility index (Phi) is 6.30. The Morgan fingerprint density at radius 2 is 2.05 bits per heavy atom. The molecule has 1 aromatic carbocycles. The van der Waals surface area contributed by atoms with E-state index in [0.29, 0.717) is 6.61 Å². The summed E-state index contributed by atoms with van der Waals surface area (Å²) in [4.78, 5) is 11.6. The lowest BCUT2D eigenvalue weighted by Crippen LogP contribution is -3.00. The molecule has 0 radical (unpaired) electrons. The molecule has 2 aliphatic rings. The van der Waals surface area contributed by atoms with Gasteiger partial charge in [-0.05, 0) is 18.2 Å². The van der Waals surface area contributed by atoms with Crippen LogP contribution >= 0.6 is 11.8 Å². The average Bonchev–Trinajstić information content (AvgIpc) is 2.88. The van der Waals surface area contributed by atoms with Gasteiger partial charge in [0, 0.05) is 24.8 Å². The first-order valence-corrected chi connectivity index (χ1v) is 8.19. The Bertz CT molecular complexity index is 518. The largest absolute Gasteiger partial charge is 1.00 e. The number of hydrogen-bond donors (Lipinski definition) is 0. The molecule has 2 heterocycles. The van der Waals surface area contributed by atoms with E-state index in [-0.39, 0.29) is 28.2 Å². The van der Waals surface area contributed by atoms with Crippen LogP contribution < -0.4 is 17.0 Å².